The molecule has 0 aromatic heterocycles. The number of hydrogen-bond acceptors (Lipinski definition) is 8. The smallest absolute Gasteiger partial charge is 0.184 e. The molecule has 188 valence electrons. The lowest BCUT2D eigenvalue weighted by atomic mass is 9.79. The second-order valence-electron chi connectivity index (χ2n) is 10.9. The molecule has 5 heterocycles. The van der Waals surface area contributed by atoms with Crippen LogP contribution in [0.1, 0.15) is 58.3 Å². The molecule has 1 aromatic carbocycles. The fourth-order valence-corrected chi connectivity index (χ4v) is 6.15. The Balaban J connectivity index is 1.15. The van der Waals surface area contributed by atoms with Crippen molar-refractivity contribution in [1.82, 2.24) is 0 Å². The minimum Gasteiger partial charge on any atom is -0.390 e. The van der Waals surface area contributed by atoms with Crippen LogP contribution in [0.3, 0.4) is 0 Å². The molecule has 0 bridgehead atoms. The van der Waals surface area contributed by atoms with Gasteiger partial charge in [-0.15, -0.1) is 0 Å². The van der Waals surface area contributed by atoms with E-state index < -0.39 is 23.8 Å². The zero-order valence-corrected chi connectivity index (χ0v) is 20.1. The van der Waals surface area contributed by atoms with Crippen LogP contribution >= 0.6 is 0 Å². The van der Waals surface area contributed by atoms with Gasteiger partial charge in [-0.3, -0.25) is 0 Å². The molecule has 34 heavy (non-hydrogen) atoms. The largest absolute Gasteiger partial charge is 0.390 e. The van der Waals surface area contributed by atoms with E-state index in [2.05, 4.69) is 0 Å². The average molecular weight is 477 g/mol. The third kappa shape index (κ3) is 4.22. The Labute approximate surface area is 200 Å². The van der Waals surface area contributed by atoms with Gasteiger partial charge >= 0.3 is 0 Å². The van der Waals surface area contributed by atoms with Gasteiger partial charge < -0.3 is 38.3 Å². The van der Waals surface area contributed by atoms with E-state index in [1.54, 1.807) is 0 Å². The molecule has 0 unspecified atom stereocenters. The molecule has 0 radical (unpaired) electrons. The molecule has 0 saturated carbocycles. The van der Waals surface area contributed by atoms with E-state index in [4.69, 9.17) is 33.2 Å². The first-order chi connectivity index (χ1) is 16.3. The molecule has 8 heteroatoms. The van der Waals surface area contributed by atoms with Crippen LogP contribution in [0.4, 0.5) is 0 Å². The number of aliphatic hydroxyl groups excluding tert-OH is 1. The maximum atomic E-state index is 11.2. The van der Waals surface area contributed by atoms with Crippen molar-refractivity contribution in [3.05, 3.63) is 35.9 Å². The maximum Gasteiger partial charge on any atom is 0.184 e. The zero-order valence-electron chi connectivity index (χ0n) is 20.1. The number of fused-ring (bicyclic) bond motifs is 3. The van der Waals surface area contributed by atoms with Crippen LogP contribution < -0.4 is 0 Å². The summed E-state index contributed by atoms with van der Waals surface area (Å²) in [4.78, 5) is 0. The van der Waals surface area contributed by atoms with Gasteiger partial charge in [-0.25, -0.2) is 0 Å². The molecule has 0 aliphatic carbocycles. The van der Waals surface area contributed by atoms with Gasteiger partial charge in [-0.2, -0.15) is 0 Å². The van der Waals surface area contributed by atoms with Crippen LogP contribution in [-0.4, -0.2) is 78.5 Å². The summed E-state index contributed by atoms with van der Waals surface area (Å²) in [5, 5.41) is 11.2. The summed E-state index contributed by atoms with van der Waals surface area (Å²) in [6.45, 7) is 6.89. The summed E-state index contributed by atoms with van der Waals surface area (Å²) in [5.74, 6) is -0.609. The summed E-state index contributed by atoms with van der Waals surface area (Å²) in [6, 6.07) is 9.89. The quantitative estimate of drug-likeness (QED) is 0.698. The van der Waals surface area contributed by atoms with E-state index in [0.717, 1.165) is 18.4 Å². The molecule has 8 nitrogen and oxygen atoms in total. The number of hydrogen-bond donors (Lipinski definition) is 1. The van der Waals surface area contributed by atoms with Crippen LogP contribution in [0.15, 0.2) is 30.3 Å². The predicted molar refractivity (Wildman–Crippen MR) is 120 cm³/mol. The minimum atomic E-state index is -0.855. The molecule has 5 aliphatic heterocycles. The number of benzene rings is 1. The van der Waals surface area contributed by atoms with E-state index in [9.17, 15) is 5.11 Å². The highest BCUT2D eigenvalue weighted by Crippen LogP contribution is 2.45. The highest BCUT2D eigenvalue weighted by Gasteiger charge is 2.57. The van der Waals surface area contributed by atoms with Gasteiger partial charge in [0.15, 0.2) is 12.1 Å². The molecule has 5 saturated heterocycles. The molecule has 1 aromatic rings. The summed E-state index contributed by atoms with van der Waals surface area (Å²) in [7, 11) is 0. The minimum absolute atomic E-state index is 0.0493. The molecule has 5 fully saturated rings. The van der Waals surface area contributed by atoms with E-state index in [1.807, 2.05) is 51.1 Å². The van der Waals surface area contributed by atoms with Crippen LogP contribution in [0, 0.1) is 0 Å². The van der Waals surface area contributed by atoms with Crippen molar-refractivity contribution in [3.63, 3.8) is 0 Å². The van der Waals surface area contributed by atoms with E-state index in [0.29, 0.717) is 26.1 Å². The van der Waals surface area contributed by atoms with Gasteiger partial charge in [-0.05, 0) is 20.8 Å². The topological polar surface area (TPSA) is 84.8 Å². The first kappa shape index (κ1) is 23.3. The molecule has 0 amide bonds. The van der Waals surface area contributed by atoms with Crippen molar-refractivity contribution in [3.8, 4) is 0 Å². The average Bonchev–Trinajstić information content (AvgIpc) is 2.83. The van der Waals surface area contributed by atoms with Crippen LogP contribution in [0.5, 0.6) is 0 Å². The highest BCUT2D eigenvalue weighted by atomic mass is 16.7. The third-order valence-electron chi connectivity index (χ3n) is 8.07. The highest BCUT2D eigenvalue weighted by molar-refractivity contribution is 5.16. The lowest BCUT2D eigenvalue weighted by molar-refractivity contribution is -0.366. The second kappa shape index (κ2) is 8.78. The normalized spacial score (nSPS) is 48.3. The fourth-order valence-electron chi connectivity index (χ4n) is 6.15. The van der Waals surface area contributed by atoms with Gasteiger partial charge in [0, 0.05) is 31.2 Å². The second-order valence-corrected chi connectivity index (χ2v) is 10.9. The lowest BCUT2D eigenvalue weighted by Gasteiger charge is -2.56. The molecular formula is C26H36O8. The molecule has 5 aliphatic rings. The Bertz CT molecular complexity index is 864. The Morgan fingerprint density at radius 2 is 1.47 bits per heavy atom. The molecule has 6 rings (SSSR count). The summed E-state index contributed by atoms with van der Waals surface area (Å²) < 4.78 is 43.6. The lowest BCUT2D eigenvalue weighted by Crippen LogP contribution is -2.67. The molecule has 0 spiro atoms. The fraction of sp³-hybridized carbons (Fsp3) is 0.769. The van der Waals surface area contributed by atoms with E-state index >= 15 is 0 Å². The van der Waals surface area contributed by atoms with Gasteiger partial charge in [0.05, 0.1) is 55.9 Å². The number of aliphatic hydroxyl groups is 1. The Morgan fingerprint density at radius 3 is 2.24 bits per heavy atom. The van der Waals surface area contributed by atoms with Crippen molar-refractivity contribution in [2.45, 2.75) is 113 Å². The van der Waals surface area contributed by atoms with Gasteiger partial charge in [0.25, 0.3) is 0 Å². The Kier molecular flexibility index (Phi) is 6.02. The predicted octanol–water partition coefficient (Wildman–Crippen LogP) is 2.87. The number of ether oxygens (including phenoxy) is 7. The van der Waals surface area contributed by atoms with Crippen LogP contribution in [0.2, 0.25) is 0 Å². The molecular weight excluding hydrogens is 440 g/mol. The first-order valence-corrected chi connectivity index (χ1v) is 12.6. The summed E-state index contributed by atoms with van der Waals surface area (Å²) >= 11 is 0. The van der Waals surface area contributed by atoms with Crippen LogP contribution in [0.25, 0.3) is 0 Å². The Hall–Kier alpha value is -1.10. The number of rotatable bonds is 2. The molecule has 1 N–H and O–H groups in total. The first-order valence-electron chi connectivity index (χ1n) is 12.6. The monoisotopic (exact) mass is 476 g/mol. The van der Waals surface area contributed by atoms with Crippen molar-refractivity contribution < 1.29 is 38.3 Å². The van der Waals surface area contributed by atoms with Crippen molar-refractivity contribution in [2.75, 3.05) is 13.2 Å². The van der Waals surface area contributed by atoms with E-state index in [-0.39, 0.29) is 42.7 Å². The SMILES string of the molecule is CC1(C)OC[C@H]2O[C@H]3C[C@H]4O[C@@](C)([C@@H]5CCO[C@H](c6ccccc6)O5)[C@H](O)C[C@@H]4O[C@@H]3C[C@@H]2O1. The zero-order chi connectivity index (χ0) is 23.5. The summed E-state index contributed by atoms with van der Waals surface area (Å²) in [6.07, 6.45) is 0.531. The van der Waals surface area contributed by atoms with Crippen molar-refractivity contribution in [2.24, 2.45) is 0 Å². The van der Waals surface area contributed by atoms with Gasteiger partial charge in [0.1, 0.15) is 11.7 Å². The maximum absolute atomic E-state index is 11.2. The third-order valence-corrected chi connectivity index (χ3v) is 8.07. The van der Waals surface area contributed by atoms with Crippen LogP contribution in [-0.2, 0) is 33.2 Å². The van der Waals surface area contributed by atoms with Gasteiger partial charge in [0.2, 0.25) is 0 Å². The Morgan fingerprint density at radius 1 is 0.794 bits per heavy atom. The summed E-state index contributed by atoms with van der Waals surface area (Å²) in [5.41, 5.74) is 0.111. The van der Waals surface area contributed by atoms with Crippen molar-refractivity contribution >= 4 is 0 Å². The molecule has 10 atom stereocenters. The standard InChI is InChI=1S/C26H36O8/c1-25(2)29-14-21-20(33-25)12-16-17(31-21)11-19-18(30-16)13-22(27)26(3,34-19)23-9-10-28-24(32-23)15-7-5-4-6-8-15/h4-8,16-24,27H,9-14H2,1-3H3/t16-,17+,18+,19-,20+,21-,22-,23+,24+,26-/m1/s1. The van der Waals surface area contributed by atoms with Gasteiger partial charge in [-0.1, -0.05) is 30.3 Å². The van der Waals surface area contributed by atoms with E-state index in [1.165, 1.54) is 0 Å². The van der Waals surface area contributed by atoms with Crippen molar-refractivity contribution in [1.29, 1.82) is 0 Å².